The summed E-state index contributed by atoms with van der Waals surface area (Å²) in [5.41, 5.74) is 1.02. The van der Waals surface area contributed by atoms with Crippen molar-refractivity contribution in [2.75, 3.05) is 27.8 Å². The van der Waals surface area contributed by atoms with Crippen molar-refractivity contribution >= 4 is 41.5 Å². The van der Waals surface area contributed by atoms with Crippen molar-refractivity contribution in [3.8, 4) is 0 Å². The van der Waals surface area contributed by atoms with Gasteiger partial charge in [0.25, 0.3) is 0 Å². The first-order valence-corrected chi connectivity index (χ1v) is 9.67. The molecule has 1 aromatic carbocycles. The first-order chi connectivity index (χ1) is 13.6. The van der Waals surface area contributed by atoms with Crippen LogP contribution < -0.4 is 10.6 Å². The van der Waals surface area contributed by atoms with E-state index >= 15 is 0 Å². The SMILES string of the molecule is CN=C(NCC(OC)c1cccc(Cl)c1)NC1CCc2nc(COC)nn2C1.I. The quantitative estimate of drug-likeness (QED) is 0.323. The number of nitrogens with one attached hydrogen (secondary N) is 2. The summed E-state index contributed by atoms with van der Waals surface area (Å²) in [6.07, 6.45) is 1.71. The van der Waals surface area contributed by atoms with Gasteiger partial charge in [-0.05, 0) is 24.1 Å². The number of aliphatic imine (C=N–C) groups is 1. The van der Waals surface area contributed by atoms with Crippen LogP contribution in [0.5, 0.6) is 0 Å². The van der Waals surface area contributed by atoms with Crippen molar-refractivity contribution in [1.29, 1.82) is 0 Å². The lowest BCUT2D eigenvalue weighted by Gasteiger charge is -2.26. The van der Waals surface area contributed by atoms with E-state index in [9.17, 15) is 0 Å². The fourth-order valence-corrected chi connectivity index (χ4v) is 3.49. The van der Waals surface area contributed by atoms with Crippen molar-refractivity contribution in [3.05, 3.63) is 46.5 Å². The number of halogens is 2. The Balaban J connectivity index is 0.00000300. The van der Waals surface area contributed by atoms with Gasteiger partial charge in [-0.2, -0.15) is 5.10 Å². The second-order valence-corrected chi connectivity index (χ2v) is 7.11. The number of nitrogens with zero attached hydrogens (tertiary/aromatic N) is 4. The largest absolute Gasteiger partial charge is 0.377 e. The van der Waals surface area contributed by atoms with E-state index in [0.717, 1.165) is 42.6 Å². The molecular weight excluding hydrogens is 507 g/mol. The van der Waals surface area contributed by atoms with E-state index in [1.807, 2.05) is 28.9 Å². The molecular formula is C19H28ClIN6O2. The van der Waals surface area contributed by atoms with E-state index in [1.54, 1.807) is 21.3 Å². The fourth-order valence-electron chi connectivity index (χ4n) is 3.29. The monoisotopic (exact) mass is 534 g/mol. The van der Waals surface area contributed by atoms with Crippen LogP contribution >= 0.6 is 35.6 Å². The number of aromatic nitrogens is 3. The topological polar surface area (TPSA) is 85.6 Å². The molecule has 29 heavy (non-hydrogen) atoms. The van der Waals surface area contributed by atoms with Crippen LogP contribution in [0.3, 0.4) is 0 Å². The van der Waals surface area contributed by atoms with Gasteiger partial charge in [-0.25, -0.2) is 9.67 Å². The molecule has 3 rings (SSSR count). The average Bonchev–Trinajstić information content (AvgIpc) is 3.09. The molecule has 0 amide bonds. The number of hydrogen-bond acceptors (Lipinski definition) is 5. The van der Waals surface area contributed by atoms with Gasteiger partial charge < -0.3 is 20.1 Å². The molecule has 2 heterocycles. The third-order valence-corrected chi connectivity index (χ3v) is 4.93. The molecule has 0 bridgehead atoms. The first kappa shape index (κ1) is 23.8. The van der Waals surface area contributed by atoms with Crippen LogP contribution in [0.15, 0.2) is 29.3 Å². The summed E-state index contributed by atoms with van der Waals surface area (Å²) in [5.74, 6) is 2.47. The maximum absolute atomic E-state index is 6.09. The van der Waals surface area contributed by atoms with Crippen LogP contribution in [0.25, 0.3) is 0 Å². The van der Waals surface area contributed by atoms with Gasteiger partial charge in [0.2, 0.25) is 0 Å². The lowest BCUT2D eigenvalue weighted by Crippen LogP contribution is -2.48. The van der Waals surface area contributed by atoms with E-state index < -0.39 is 0 Å². The second-order valence-electron chi connectivity index (χ2n) is 6.67. The number of aryl methyl sites for hydroxylation is 1. The predicted octanol–water partition coefficient (Wildman–Crippen LogP) is 2.56. The molecule has 2 unspecified atom stereocenters. The third kappa shape index (κ3) is 6.53. The van der Waals surface area contributed by atoms with Gasteiger partial charge in [0.05, 0.1) is 12.6 Å². The molecule has 2 N–H and O–H groups in total. The molecule has 2 aromatic rings. The van der Waals surface area contributed by atoms with Crippen LogP contribution in [0.4, 0.5) is 0 Å². The van der Waals surface area contributed by atoms with E-state index in [0.29, 0.717) is 18.2 Å². The molecule has 10 heteroatoms. The van der Waals surface area contributed by atoms with Crippen LogP contribution in [0, 0.1) is 0 Å². The maximum Gasteiger partial charge on any atom is 0.191 e. The first-order valence-electron chi connectivity index (χ1n) is 9.30. The normalized spacial score (nSPS) is 17.2. The highest BCUT2D eigenvalue weighted by molar-refractivity contribution is 14.0. The Labute approximate surface area is 193 Å². The summed E-state index contributed by atoms with van der Waals surface area (Å²) in [6.45, 7) is 1.76. The van der Waals surface area contributed by atoms with Crippen LogP contribution in [-0.2, 0) is 29.0 Å². The summed E-state index contributed by atoms with van der Waals surface area (Å²) >= 11 is 6.09. The molecule has 2 atom stereocenters. The van der Waals surface area contributed by atoms with Gasteiger partial charge in [0.15, 0.2) is 11.8 Å². The predicted molar refractivity (Wildman–Crippen MR) is 124 cm³/mol. The molecule has 1 aliphatic heterocycles. The zero-order chi connectivity index (χ0) is 19.9. The molecule has 8 nitrogen and oxygen atoms in total. The van der Waals surface area contributed by atoms with Crippen LogP contribution in [-0.4, -0.2) is 54.6 Å². The molecule has 160 valence electrons. The van der Waals surface area contributed by atoms with E-state index in [2.05, 4.69) is 25.7 Å². The van der Waals surface area contributed by atoms with Gasteiger partial charge in [-0.15, -0.1) is 24.0 Å². The molecule has 0 radical (unpaired) electrons. The van der Waals surface area contributed by atoms with E-state index in [4.69, 9.17) is 21.1 Å². The number of guanidine groups is 1. The molecule has 0 saturated heterocycles. The number of hydrogen-bond donors (Lipinski definition) is 2. The van der Waals surface area contributed by atoms with Crippen LogP contribution in [0.2, 0.25) is 5.02 Å². The summed E-state index contributed by atoms with van der Waals surface area (Å²) in [4.78, 5) is 8.85. The molecule has 1 aliphatic rings. The smallest absolute Gasteiger partial charge is 0.191 e. The van der Waals surface area contributed by atoms with Crippen molar-refractivity contribution in [2.24, 2.45) is 4.99 Å². The Bertz CT molecular complexity index is 816. The van der Waals surface area contributed by atoms with Crippen molar-refractivity contribution in [2.45, 2.75) is 38.1 Å². The molecule has 0 aliphatic carbocycles. The number of rotatable bonds is 7. The minimum Gasteiger partial charge on any atom is -0.377 e. The zero-order valence-electron chi connectivity index (χ0n) is 16.9. The highest BCUT2D eigenvalue weighted by Gasteiger charge is 2.22. The summed E-state index contributed by atoms with van der Waals surface area (Å²) in [5, 5.41) is 12.0. The number of fused-ring (bicyclic) bond motifs is 1. The summed E-state index contributed by atoms with van der Waals surface area (Å²) < 4.78 is 12.7. The zero-order valence-corrected chi connectivity index (χ0v) is 20.0. The van der Waals surface area contributed by atoms with Crippen LogP contribution in [0.1, 0.15) is 29.7 Å². The number of methoxy groups -OCH3 is 2. The lowest BCUT2D eigenvalue weighted by molar-refractivity contribution is 0.106. The fraction of sp³-hybridized carbons (Fsp3) is 0.526. The molecule has 0 saturated carbocycles. The molecule has 1 aromatic heterocycles. The Hall–Kier alpha value is -1.43. The Morgan fingerprint density at radius 3 is 2.93 bits per heavy atom. The lowest BCUT2D eigenvalue weighted by atomic mass is 10.1. The molecule has 0 fully saturated rings. The van der Waals surface area contributed by atoms with Gasteiger partial charge in [-0.3, -0.25) is 4.99 Å². The minimum absolute atomic E-state index is 0. The van der Waals surface area contributed by atoms with Crippen molar-refractivity contribution in [3.63, 3.8) is 0 Å². The van der Waals surface area contributed by atoms with E-state index in [-0.39, 0.29) is 36.1 Å². The number of benzene rings is 1. The van der Waals surface area contributed by atoms with Crippen molar-refractivity contribution in [1.82, 2.24) is 25.4 Å². The van der Waals surface area contributed by atoms with Gasteiger partial charge >= 0.3 is 0 Å². The maximum atomic E-state index is 6.09. The second kappa shape index (κ2) is 11.7. The van der Waals surface area contributed by atoms with Gasteiger partial charge in [0, 0.05) is 45.3 Å². The minimum atomic E-state index is -0.123. The Kier molecular flexibility index (Phi) is 9.60. The van der Waals surface area contributed by atoms with E-state index in [1.165, 1.54) is 0 Å². The Morgan fingerprint density at radius 2 is 2.24 bits per heavy atom. The standard InChI is InChI=1S/C19H27ClN6O2.HI/c1-21-19(22-10-16(28-3)13-5-4-6-14(20)9-13)23-15-7-8-18-24-17(12-27-2)25-26(18)11-15;/h4-6,9,15-16H,7-8,10-12H2,1-3H3,(H2,21,22,23);1H. The highest BCUT2D eigenvalue weighted by Crippen LogP contribution is 2.20. The van der Waals surface area contributed by atoms with Crippen molar-refractivity contribution < 1.29 is 9.47 Å². The highest BCUT2D eigenvalue weighted by atomic mass is 127. The average molecular weight is 535 g/mol. The summed E-state index contributed by atoms with van der Waals surface area (Å²) in [7, 11) is 5.10. The molecule has 0 spiro atoms. The Morgan fingerprint density at radius 1 is 1.41 bits per heavy atom. The summed E-state index contributed by atoms with van der Waals surface area (Å²) in [6, 6.07) is 7.92. The van der Waals surface area contributed by atoms with Gasteiger partial charge in [0.1, 0.15) is 12.4 Å². The third-order valence-electron chi connectivity index (χ3n) is 4.70. The number of ether oxygens (including phenoxy) is 2. The van der Waals surface area contributed by atoms with Gasteiger partial charge in [-0.1, -0.05) is 23.7 Å².